The maximum absolute atomic E-state index is 4.90. The summed E-state index contributed by atoms with van der Waals surface area (Å²) < 4.78 is 4.40. The largest absolute Gasteiger partial charge is 0.345 e. The minimum atomic E-state index is 0.393. The van der Waals surface area contributed by atoms with Crippen molar-refractivity contribution in [3.8, 4) is 0 Å². The van der Waals surface area contributed by atoms with Crippen LogP contribution in [0.5, 0.6) is 0 Å². The van der Waals surface area contributed by atoms with Gasteiger partial charge in [0.1, 0.15) is 5.82 Å². The molecule has 2 aliphatic rings. The number of nitrogens with one attached hydrogen (secondary N) is 1. The van der Waals surface area contributed by atoms with Crippen molar-refractivity contribution < 1.29 is 0 Å². The zero-order valence-corrected chi connectivity index (χ0v) is 15.4. The van der Waals surface area contributed by atoms with Crippen LogP contribution in [0.1, 0.15) is 68.4 Å². The summed E-state index contributed by atoms with van der Waals surface area (Å²) in [5.41, 5.74) is 4.04. The van der Waals surface area contributed by atoms with Gasteiger partial charge >= 0.3 is 0 Å². The van der Waals surface area contributed by atoms with E-state index in [9.17, 15) is 0 Å². The van der Waals surface area contributed by atoms with Crippen molar-refractivity contribution in [1.29, 1.82) is 0 Å². The van der Waals surface area contributed by atoms with Crippen LogP contribution in [0.15, 0.2) is 30.7 Å². The fourth-order valence-corrected chi connectivity index (χ4v) is 4.87. The number of hydrogen-bond acceptors (Lipinski definition) is 4. The summed E-state index contributed by atoms with van der Waals surface area (Å²) in [5.74, 6) is 2.77. The van der Waals surface area contributed by atoms with Crippen molar-refractivity contribution in [2.45, 2.75) is 56.9 Å². The summed E-state index contributed by atoms with van der Waals surface area (Å²) in [6.45, 7) is 2.29. The van der Waals surface area contributed by atoms with Gasteiger partial charge in [0.15, 0.2) is 11.3 Å². The van der Waals surface area contributed by atoms with Crippen LogP contribution >= 0.6 is 0 Å². The van der Waals surface area contributed by atoms with E-state index in [-0.39, 0.29) is 0 Å². The van der Waals surface area contributed by atoms with Gasteiger partial charge in [-0.25, -0.2) is 4.98 Å². The second kappa shape index (κ2) is 5.65. The molecule has 0 radical (unpaired) electrons. The molecule has 4 aromatic rings. The number of nitrogens with zero attached hydrogens (tertiary/aromatic N) is 6. The van der Waals surface area contributed by atoms with E-state index in [1.807, 2.05) is 6.20 Å². The molecule has 138 valence electrons. The van der Waals surface area contributed by atoms with Gasteiger partial charge in [-0.1, -0.05) is 13.3 Å². The molecule has 1 N–H and O–H groups in total. The molecule has 27 heavy (non-hydrogen) atoms. The summed E-state index contributed by atoms with van der Waals surface area (Å²) in [4.78, 5) is 7.64. The summed E-state index contributed by atoms with van der Waals surface area (Å²) in [7, 11) is 0. The first-order valence-electron chi connectivity index (χ1n) is 10.0. The predicted molar refractivity (Wildman–Crippen MR) is 102 cm³/mol. The molecule has 3 unspecified atom stereocenters. The van der Waals surface area contributed by atoms with Crippen LogP contribution in [0.3, 0.4) is 0 Å². The van der Waals surface area contributed by atoms with Crippen LogP contribution < -0.4 is 0 Å². The van der Waals surface area contributed by atoms with Gasteiger partial charge < -0.3 is 4.98 Å². The molecule has 0 spiro atoms. The number of H-pyrrole nitrogens is 1. The lowest BCUT2D eigenvalue weighted by molar-refractivity contribution is 0.427. The van der Waals surface area contributed by atoms with E-state index in [0.29, 0.717) is 23.8 Å². The molecule has 3 atom stereocenters. The third-order valence-corrected chi connectivity index (χ3v) is 6.49. The van der Waals surface area contributed by atoms with Gasteiger partial charge in [-0.2, -0.15) is 5.10 Å². The molecule has 0 amide bonds. The summed E-state index contributed by atoms with van der Waals surface area (Å²) in [6, 6.07) is 4.72. The SMILES string of the molecule is CCC1CC(n2ccc(C3CC3)n2)CC1c1nnc2cnc3[nH]ccc3n12. The average Bonchev–Trinajstić information content (AvgIpc) is 3.14. The summed E-state index contributed by atoms with van der Waals surface area (Å²) >= 11 is 0. The molecule has 4 aromatic heterocycles. The van der Waals surface area contributed by atoms with Gasteiger partial charge in [0.25, 0.3) is 0 Å². The quantitative estimate of drug-likeness (QED) is 0.599. The van der Waals surface area contributed by atoms with E-state index in [2.05, 4.69) is 54.5 Å². The van der Waals surface area contributed by atoms with Crippen LogP contribution in [0.4, 0.5) is 0 Å². The van der Waals surface area contributed by atoms with Crippen LogP contribution in [-0.2, 0) is 0 Å². The van der Waals surface area contributed by atoms with Crippen molar-refractivity contribution in [3.63, 3.8) is 0 Å². The maximum atomic E-state index is 4.90. The molecule has 2 aliphatic carbocycles. The molecule has 0 saturated heterocycles. The van der Waals surface area contributed by atoms with Crippen LogP contribution in [0.25, 0.3) is 16.8 Å². The van der Waals surface area contributed by atoms with Gasteiger partial charge in [-0.15, -0.1) is 10.2 Å². The van der Waals surface area contributed by atoms with E-state index < -0.39 is 0 Å². The van der Waals surface area contributed by atoms with E-state index in [1.165, 1.54) is 18.5 Å². The number of rotatable bonds is 4. The molecule has 2 fully saturated rings. The Morgan fingerprint density at radius 2 is 2.11 bits per heavy atom. The predicted octanol–water partition coefficient (Wildman–Crippen LogP) is 3.82. The van der Waals surface area contributed by atoms with Gasteiger partial charge in [-0.3, -0.25) is 9.08 Å². The molecule has 7 heteroatoms. The Balaban J connectivity index is 1.39. The smallest absolute Gasteiger partial charge is 0.179 e. The Bertz CT molecular complexity index is 1120. The Morgan fingerprint density at radius 3 is 2.96 bits per heavy atom. The maximum Gasteiger partial charge on any atom is 0.179 e. The molecule has 2 saturated carbocycles. The summed E-state index contributed by atoms with van der Waals surface area (Å²) in [6.07, 6.45) is 11.9. The minimum Gasteiger partial charge on any atom is -0.345 e. The number of hydrogen-bond donors (Lipinski definition) is 1. The van der Waals surface area contributed by atoms with Crippen molar-refractivity contribution >= 4 is 16.8 Å². The Hall–Kier alpha value is -2.70. The second-order valence-corrected chi connectivity index (χ2v) is 8.12. The van der Waals surface area contributed by atoms with Gasteiger partial charge in [-0.05, 0) is 43.7 Å². The van der Waals surface area contributed by atoms with Gasteiger partial charge in [0.2, 0.25) is 0 Å². The van der Waals surface area contributed by atoms with Crippen molar-refractivity contribution in [3.05, 3.63) is 42.2 Å². The highest BCUT2D eigenvalue weighted by Gasteiger charge is 2.38. The zero-order chi connectivity index (χ0) is 18.0. The first-order chi connectivity index (χ1) is 13.3. The highest BCUT2D eigenvalue weighted by atomic mass is 15.3. The average molecular weight is 361 g/mol. The zero-order valence-electron chi connectivity index (χ0n) is 15.4. The highest BCUT2D eigenvalue weighted by molar-refractivity contribution is 5.74. The fraction of sp³-hybridized carbons (Fsp3) is 0.500. The molecule has 4 heterocycles. The molecular weight excluding hydrogens is 338 g/mol. The van der Waals surface area contributed by atoms with Crippen molar-refractivity contribution in [1.82, 2.24) is 34.3 Å². The number of aromatic amines is 1. The van der Waals surface area contributed by atoms with Crippen LogP contribution in [0.2, 0.25) is 0 Å². The van der Waals surface area contributed by atoms with Crippen LogP contribution in [-0.4, -0.2) is 34.3 Å². The van der Waals surface area contributed by atoms with Crippen LogP contribution in [0, 0.1) is 5.92 Å². The molecule has 0 aromatic carbocycles. The van der Waals surface area contributed by atoms with E-state index in [0.717, 1.165) is 41.9 Å². The van der Waals surface area contributed by atoms with Gasteiger partial charge in [0.05, 0.1) is 23.4 Å². The normalized spacial score (nSPS) is 25.7. The standard InChI is InChI=1S/C20H23N7/c1-2-12-9-14(26-8-6-16(25-26)13-3-4-13)10-15(12)20-24-23-18-11-22-19-17(27(18)20)5-7-21-19/h5-8,11-15,21H,2-4,9-10H2,1H3. The lowest BCUT2D eigenvalue weighted by Crippen LogP contribution is -2.10. The highest BCUT2D eigenvalue weighted by Crippen LogP contribution is 2.47. The topological polar surface area (TPSA) is 76.7 Å². The molecule has 6 rings (SSSR count). The Kier molecular flexibility index (Phi) is 3.21. The lowest BCUT2D eigenvalue weighted by atomic mass is 9.93. The minimum absolute atomic E-state index is 0.393. The molecule has 7 nitrogen and oxygen atoms in total. The summed E-state index contributed by atoms with van der Waals surface area (Å²) in [5, 5.41) is 13.9. The van der Waals surface area contributed by atoms with Crippen molar-refractivity contribution in [2.24, 2.45) is 5.92 Å². The van der Waals surface area contributed by atoms with E-state index in [4.69, 9.17) is 5.10 Å². The third kappa shape index (κ3) is 2.33. The molecular formula is C20H23N7. The molecule has 0 aliphatic heterocycles. The number of aromatic nitrogens is 7. The number of fused-ring (bicyclic) bond motifs is 3. The molecule has 0 bridgehead atoms. The Morgan fingerprint density at radius 1 is 1.19 bits per heavy atom. The fourth-order valence-electron chi connectivity index (χ4n) is 4.87. The Labute approximate surface area is 156 Å². The third-order valence-electron chi connectivity index (χ3n) is 6.49. The first-order valence-corrected chi connectivity index (χ1v) is 10.0. The van der Waals surface area contributed by atoms with E-state index >= 15 is 0 Å². The second-order valence-electron chi connectivity index (χ2n) is 8.12. The van der Waals surface area contributed by atoms with E-state index in [1.54, 1.807) is 6.20 Å². The lowest BCUT2D eigenvalue weighted by Gasteiger charge is -2.15. The first kappa shape index (κ1) is 15.4. The van der Waals surface area contributed by atoms with Gasteiger partial charge in [0, 0.05) is 24.2 Å². The monoisotopic (exact) mass is 361 g/mol. The van der Waals surface area contributed by atoms with Crippen molar-refractivity contribution in [2.75, 3.05) is 0 Å².